The van der Waals surface area contributed by atoms with Crippen LogP contribution in [0.15, 0.2) is 11.1 Å². The van der Waals surface area contributed by atoms with Crippen LogP contribution in [0.25, 0.3) is 10.2 Å². The summed E-state index contributed by atoms with van der Waals surface area (Å²) in [5.41, 5.74) is 0. The zero-order valence-electron chi connectivity index (χ0n) is 10.3. The van der Waals surface area contributed by atoms with E-state index in [1.807, 2.05) is 6.92 Å². The molecule has 2 heterocycles. The topological polar surface area (TPSA) is 63.1 Å². The van der Waals surface area contributed by atoms with Crippen LogP contribution in [0.2, 0.25) is 0 Å². The molecule has 4 nitrogen and oxygen atoms in total. The lowest BCUT2D eigenvalue weighted by Crippen LogP contribution is -1.97. The van der Waals surface area contributed by atoms with Crippen molar-refractivity contribution in [1.82, 2.24) is 9.97 Å². The van der Waals surface area contributed by atoms with E-state index >= 15 is 0 Å². The molecule has 6 heteroatoms. The molecule has 0 aromatic carbocycles. The second kappa shape index (κ2) is 5.67. The minimum atomic E-state index is -0.774. The van der Waals surface area contributed by atoms with Crippen molar-refractivity contribution in [2.45, 2.75) is 31.7 Å². The number of aryl methyl sites for hydroxylation is 2. The molecule has 0 aliphatic rings. The molecule has 0 fully saturated rings. The van der Waals surface area contributed by atoms with Crippen molar-refractivity contribution in [3.05, 3.63) is 16.8 Å². The van der Waals surface area contributed by atoms with E-state index in [0.29, 0.717) is 5.75 Å². The maximum atomic E-state index is 10.5. The van der Waals surface area contributed by atoms with E-state index in [1.54, 1.807) is 11.3 Å². The van der Waals surface area contributed by atoms with E-state index in [2.05, 4.69) is 23.0 Å². The Hall–Kier alpha value is -1.14. The fraction of sp³-hybridized carbons (Fsp3) is 0.417. The van der Waals surface area contributed by atoms with Crippen LogP contribution in [0.5, 0.6) is 0 Å². The molecule has 18 heavy (non-hydrogen) atoms. The number of fused-ring (bicyclic) bond motifs is 1. The molecular weight excluding hydrogens is 268 g/mol. The molecule has 0 bridgehead atoms. The van der Waals surface area contributed by atoms with Crippen LogP contribution in [0.1, 0.15) is 24.0 Å². The van der Waals surface area contributed by atoms with E-state index in [0.717, 1.165) is 27.5 Å². The number of carboxylic acid groups (broad SMARTS) is 1. The number of aliphatic carboxylic acids is 1. The summed E-state index contributed by atoms with van der Waals surface area (Å²) in [6, 6.07) is 2.11. The first-order valence-corrected chi connectivity index (χ1v) is 7.52. The first-order valence-electron chi connectivity index (χ1n) is 5.71. The van der Waals surface area contributed by atoms with Crippen molar-refractivity contribution < 1.29 is 9.90 Å². The lowest BCUT2D eigenvalue weighted by molar-refractivity contribution is -0.136. The standard InChI is InChI=1S/C12H14N2O2S2/c1-3-8-6-9-11(17-5-4-10(15)16)13-7(2)14-12(9)18-8/h6H,3-5H2,1-2H3,(H,15,16). The molecule has 0 aliphatic carbocycles. The summed E-state index contributed by atoms with van der Waals surface area (Å²) in [7, 11) is 0. The van der Waals surface area contributed by atoms with Gasteiger partial charge in [-0.2, -0.15) is 0 Å². The van der Waals surface area contributed by atoms with Crippen molar-refractivity contribution >= 4 is 39.3 Å². The molecule has 0 saturated carbocycles. The number of carboxylic acids is 1. The van der Waals surface area contributed by atoms with E-state index in [9.17, 15) is 4.79 Å². The van der Waals surface area contributed by atoms with Crippen LogP contribution in [0.4, 0.5) is 0 Å². The quantitative estimate of drug-likeness (QED) is 0.674. The highest BCUT2D eigenvalue weighted by Crippen LogP contribution is 2.31. The molecule has 1 N–H and O–H groups in total. The summed E-state index contributed by atoms with van der Waals surface area (Å²) in [5, 5.41) is 10.6. The largest absolute Gasteiger partial charge is 0.481 e. The number of hydrogen-bond acceptors (Lipinski definition) is 5. The van der Waals surface area contributed by atoms with Gasteiger partial charge in [-0.25, -0.2) is 9.97 Å². The molecule has 0 saturated heterocycles. The van der Waals surface area contributed by atoms with Gasteiger partial charge in [-0.1, -0.05) is 6.92 Å². The van der Waals surface area contributed by atoms with Gasteiger partial charge in [0.2, 0.25) is 0 Å². The molecule has 96 valence electrons. The van der Waals surface area contributed by atoms with Crippen molar-refractivity contribution in [1.29, 1.82) is 0 Å². The Kier molecular flexibility index (Phi) is 4.19. The van der Waals surface area contributed by atoms with Crippen LogP contribution >= 0.6 is 23.1 Å². The summed E-state index contributed by atoms with van der Waals surface area (Å²) in [5.74, 6) is 0.506. The number of aromatic nitrogens is 2. The number of thioether (sulfide) groups is 1. The van der Waals surface area contributed by atoms with E-state index in [-0.39, 0.29) is 6.42 Å². The van der Waals surface area contributed by atoms with Crippen LogP contribution in [-0.2, 0) is 11.2 Å². The van der Waals surface area contributed by atoms with Gasteiger partial charge < -0.3 is 5.11 Å². The zero-order chi connectivity index (χ0) is 13.1. The zero-order valence-corrected chi connectivity index (χ0v) is 11.9. The maximum absolute atomic E-state index is 10.5. The van der Waals surface area contributed by atoms with Gasteiger partial charge in [-0.15, -0.1) is 23.1 Å². The van der Waals surface area contributed by atoms with Gasteiger partial charge in [0.1, 0.15) is 15.7 Å². The maximum Gasteiger partial charge on any atom is 0.304 e. The summed E-state index contributed by atoms with van der Waals surface area (Å²) in [6.45, 7) is 3.98. The molecule has 0 radical (unpaired) electrons. The highest BCUT2D eigenvalue weighted by Gasteiger charge is 2.10. The Morgan fingerprint density at radius 3 is 2.94 bits per heavy atom. The number of nitrogens with zero attached hydrogens (tertiary/aromatic N) is 2. The Morgan fingerprint density at radius 1 is 1.50 bits per heavy atom. The molecule has 0 unspecified atom stereocenters. The average molecular weight is 282 g/mol. The monoisotopic (exact) mass is 282 g/mol. The van der Waals surface area contributed by atoms with Crippen LogP contribution in [-0.4, -0.2) is 26.8 Å². The first kappa shape index (κ1) is 13.3. The third-order valence-corrected chi connectivity index (χ3v) is 4.59. The smallest absolute Gasteiger partial charge is 0.304 e. The SMILES string of the molecule is CCc1cc2c(SCCC(=O)O)nc(C)nc2s1. The van der Waals surface area contributed by atoms with Crippen molar-refractivity contribution in [2.75, 3.05) is 5.75 Å². The Labute approximate surface area is 113 Å². The van der Waals surface area contributed by atoms with Crippen molar-refractivity contribution in [3.63, 3.8) is 0 Å². The second-order valence-electron chi connectivity index (χ2n) is 3.85. The fourth-order valence-corrected chi connectivity index (χ4v) is 3.62. The molecule has 0 aliphatic heterocycles. The molecule has 0 atom stereocenters. The molecule has 2 aromatic heterocycles. The third kappa shape index (κ3) is 3.00. The molecule has 0 amide bonds. The summed E-state index contributed by atoms with van der Waals surface area (Å²) >= 11 is 3.18. The van der Waals surface area contributed by atoms with E-state index < -0.39 is 5.97 Å². The number of thiophene rings is 1. The summed E-state index contributed by atoms with van der Waals surface area (Å²) < 4.78 is 0. The Morgan fingerprint density at radius 2 is 2.28 bits per heavy atom. The van der Waals surface area contributed by atoms with Crippen molar-refractivity contribution in [3.8, 4) is 0 Å². The highest BCUT2D eigenvalue weighted by molar-refractivity contribution is 7.99. The lowest BCUT2D eigenvalue weighted by atomic mass is 10.3. The van der Waals surface area contributed by atoms with Gasteiger partial charge >= 0.3 is 5.97 Å². The Balaban J connectivity index is 2.29. The van der Waals surface area contributed by atoms with Crippen LogP contribution in [0.3, 0.4) is 0 Å². The van der Waals surface area contributed by atoms with Gasteiger partial charge in [0.25, 0.3) is 0 Å². The number of rotatable bonds is 5. The predicted molar refractivity (Wildman–Crippen MR) is 74.5 cm³/mol. The second-order valence-corrected chi connectivity index (χ2v) is 6.05. The third-order valence-electron chi connectivity index (χ3n) is 2.42. The van der Waals surface area contributed by atoms with Gasteiger partial charge in [0, 0.05) is 16.0 Å². The first-order chi connectivity index (χ1) is 8.60. The van der Waals surface area contributed by atoms with Gasteiger partial charge in [-0.05, 0) is 19.4 Å². The molecule has 2 aromatic rings. The van der Waals surface area contributed by atoms with Gasteiger partial charge in [0.05, 0.1) is 6.42 Å². The van der Waals surface area contributed by atoms with Crippen LogP contribution < -0.4 is 0 Å². The molecule has 0 spiro atoms. The summed E-state index contributed by atoms with van der Waals surface area (Å²) in [6.07, 6.45) is 1.14. The van der Waals surface area contributed by atoms with Gasteiger partial charge in [0.15, 0.2) is 0 Å². The number of hydrogen-bond donors (Lipinski definition) is 1. The summed E-state index contributed by atoms with van der Waals surface area (Å²) in [4.78, 5) is 21.6. The number of carbonyl (C=O) groups is 1. The minimum Gasteiger partial charge on any atom is -0.481 e. The Bertz CT molecular complexity index is 581. The van der Waals surface area contributed by atoms with E-state index in [1.165, 1.54) is 16.6 Å². The highest BCUT2D eigenvalue weighted by atomic mass is 32.2. The van der Waals surface area contributed by atoms with Crippen LogP contribution in [0, 0.1) is 6.92 Å². The average Bonchev–Trinajstić information content (AvgIpc) is 2.71. The lowest BCUT2D eigenvalue weighted by Gasteiger charge is -2.02. The normalized spacial score (nSPS) is 11.0. The van der Waals surface area contributed by atoms with Crippen molar-refractivity contribution in [2.24, 2.45) is 0 Å². The molecular formula is C12H14N2O2S2. The van der Waals surface area contributed by atoms with E-state index in [4.69, 9.17) is 5.11 Å². The molecule has 2 rings (SSSR count). The predicted octanol–water partition coefficient (Wildman–Crippen LogP) is 3.13. The van der Waals surface area contributed by atoms with Gasteiger partial charge in [-0.3, -0.25) is 4.79 Å². The minimum absolute atomic E-state index is 0.153. The fourth-order valence-electron chi connectivity index (χ4n) is 1.57.